The quantitative estimate of drug-likeness (QED) is 0.805. The number of anilines is 1. The molecule has 0 aliphatic rings. The van der Waals surface area contributed by atoms with Crippen molar-refractivity contribution in [3.8, 4) is 0 Å². The molecule has 1 aromatic carbocycles. The van der Waals surface area contributed by atoms with Gasteiger partial charge in [0.05, 0.1) is 3.79 Å². The Morgan fingerprint density at radius 3 is 2.69 bits per heavy atom. The molecule has 0 aliphatic carbocycles. The van der Waals surface area contributed by atoms with Crippen LogP contribution in [0.5, 0.6) is 0 Å². The fourth-order valence-corrected chi connectivity index (χ4v) is 2.97. The zero-order valence-electron chi connectivity index (χ0n) is 8.14. The molecule has 5 heteroatoms. The Balaban J connectivity index is 2.04. The molecule has 0 bridgehead atoms. The molecule has 84 valence electrons. The van der Waals surface area contributed by atoms with Crippen LogP contribution in [0, 0.1) is 5.82 Å². The molecule has 0 fully saturated rings. The van der Waals surface area contributed by atoms with Gasteiger partial charge in [-0.15, -0.1) is 11.3 Å². The smallest absolute Gasteiger partial charge is 0.124 e. The Bertz CT molecular complexity index is 498. The molecule has 1 nitrogen and oxygen atoms in total. The first-order valence-corrected chi connectivity index (χ1v) is 7.03. The zero-order chi connectivity index (χ0) is 11.5. The third kappa shape index (κ3) is 3.06. The summed E-state index contributed by atoms with van der Waals surface area (Å²) in [7, 11) is 0. The summed E-state index contributed by atoms with van der Waals surface area (Å²) in [5.41, 5.74) is 2.09. The molecular formula is C11H8Br2FNS. The van der Waals surface area contributed by atoms with Gasteiger partial charge in [0, 0.05) is 16.7 Å². The molecule has 1 N–H and O–H groups in total. The van der Waals surface area contributed by atoms with Crippen molar-refractivity contribution in [2.24, 2.45) is 0 Å². The summed E-state index contributed by atoms with van der Waals surface area (Å²) in [6, 6.07) is 6.68. The largest absolute Gasteiger partial charge is 0.380 e. The van der Waals surface area contributed by atoms with Gasteiger partial charge >= 0.3 is 0 Å². The van der Waals surface area contributed by atoms with Crippen LogP contribution in [0.4, 0.5) is 10.1 Å². The number of thiophene rings is 1. The van der Waals surface area contributed by atoms with Gasteiger partial charge in [0.25, 0.3) is 0 Å². The number of benzene rings is 1. The molecule has 2 rings (SSSR count). The van der Waals surface area contributed by atoms with Crippen molar-refractivity contribution in [3.63, 3.8) is 0 Å². The Labute approximate surface area is 114 Å². The molecule has 0 spiro atoms. The van der Waals surface area contributed by atoms with Crippen LogP contribution in [0.2, 0.25) is 0 Å². The zero-order valence-corrected chi connectivity index (χ0v) is 12.1. The highest BCUT2D eigenvalue weighted by atomic mass is 79.9. The molecule has 2 aromatic rings. The van der Waals surface area contributed by atoms with Gasteiger partial charge in [-0.1, -0.05) is 0 Å². The van der Waals surface area contributed by atoms with Crippen LogP contribution in [0.15, 0.2) is 37.9 Å². The fourth-order valence-electron chi connectivity index (χ4n) is 1.27. The van der Waals surface area contributed by atoms with Crippen molar-refractivity contribution in [1.29, 1.82) is 0 Å². The molecule has 0 unspecified atom stereocenters. The van der Waals surface area contributed by atoms with Gasteiger partial charge in [-0.05, 0) is 67.1 Å². The number of rotatable bonds is 3. The maximum Gasteiger partial charge on any atom is 0.124 e. The molecule has 0 amide bonds. The highest BCUT2D eigenvalue weighted by Gasteiger charge is 2.02. The van der Waals surface area contributed by atoms with E-state index in [2.05, 4.69) is 48.6 Å². The van der Waals surface area contributed by atoms with E-state index >= 15 is 0 Å². The second-order valence-corrected chi connectivity index (χ2v) is 6.38. The predicted octanol–water partition coefficient (Wildman–Crippen LogP) is 5.02. The number of hydrogen-bond acceptors (Lipinski definition) is 2. The van der Waals surface area contributed by atoms with Gasteiger partial charge in [0.1, 0.15) is 5.82 Å². The lowest BCUT2D eigenvalue weighted by atomic mass is 10.3. The van der Waals surface area contributed by atoms with E-state index in [9.17, 15) is 4.39 Å². The molecular weight excluding hydrogens is 357 g/mol. The van der Waals surface area contributed by atoms with Gasteiger partial charge < -0.3 is 5.32 Å². The van der Waals surface area contributed by atoms with Crippen LogP contribution in [0.25, 0.3) is 0 Å². The van der Waals surface area contributed by atoms with Crippen molar-refractivity contribution >= 4 is 48.9 Å². The van der Waals surface area contributed by atoms with E-state index in [1.807, 2.05) is 0 Å². The fraction of sp³-hybridized carbons (Fsp3) is 0.0909. The number of halogens is 3. The summed E-state index contributed by atoms with van der Waals surface area (Å²) in [5, 5.41) is 5.32. The van der Waals surface area contributed by atoms with E-state index in [0.29, 0.717) is 0 Å². The monoisotopic (exact) mass is 363 g/mol. The van der Waals surface area contributed by atoms with Crippen LogP contribution in [0.1, 0.15) is 5.56 Å². The highest BCUT2D eigenvalue weighted by Crippen LogP contribution is 2.25. The standard InChI is InChI=1S/C11H8Br2FNS/c12-9-4-8(14)1-2-10(9)15-5-7-3-11(13)16-6-7/h1-4,6,15H,5H2. The van der Waals surface area contributed by atoms with Crippen LogP contribution >= 0.6 is 43.2 Å². The minimum absolute atomic E-state index is 0.240. The normalized spacial score (nSPS) is 10.4. The average Bonchev–Trinajstić information content (AvgIpc) is 2.63. The van der Waals surface area contributed by atoms with E-state index in [-0.39, 0.29) is 5.82 Å². The first-order chi connectivity index (χ1) is 7.65. The minimum atomic E-state index is -0.240. The maximum absolute atomic E-state index is 12.9. The predicted molar refractivity (Wildman–Crippen MR) is 73.4 cm³/mol. The third-order valence-corrected chi connectivity index (χ3v) is 4.25. The van der Waals surface area contributed by atoms with Gasteiger partial charge in [0.2, 0.25) is 0 Å². The van der Waals surface area contributed by atoms with Gasteiger partial charge in [-0.25, -0.2) is 4.39 Å². The van der Waals surface area contributed by atoms with E-state index in [4.69, 9.17) is 0 Å². The molecule has 16 heavy (non-hydrogen) atoms. The first kappa shape index (κ1) is 12.1. The van der Waals surface area contributed by atoms with Crippen molar-refractivity contribution in [3.05, 3.63) is 49.3 Å². The molecule has 0 saturated carbocycles. The Morgan fingerprint density at radius 1 is 1.25 bits per heavy atom. The van der Waals surface area contributed by atoms with Gasteiger partial charge in [0.15, 0.2) is 0 Å². The summed E-state index contributed by atoms with van der Waals surface area (Å²) >= 11 is 8.38. The first-order valence-electron chi connectivity index (χ1n) is 4.57. The van der Waals surface area contributed by atoms with E-state index in [1.165, 1.54) is 17.7 Å². The molecule has 1 heterocycles. The topological polar surface area (TPSA) is 12.0 Å². The third-order valence-electron chi connectivity index (χ3n) is 2.04. The second-order valence-electron chi connectivity index (χ2n) is 3.24. The van der Waals surface area contributed by atoms with E-state index in [0.717, 1.165) is 20.5 Å². The summed E-state index contributed by atoms with van der Waals surface area (Å²) in [5.74, 6) is -0.240. The van der Waals surface area contributed by atoms with Crippen molar-refractivity contribution in [2.75, 3.05) is 5.32 Å². The summed E-state index contributed by atoms with van der Waals surface area (Å²) in [4.78, 5) is 0. The Morgan fingerprint density at radius 2 is 2.06 bits per heavy atom. The molecule has 0 radical (unpaired) electrons. The van der Waals surface area contributed by atoms with Crippen LogP contribution in [0.3, 0.4) is 0 Å². The Hall–Kier alpha value is -0.390. The highest BCUT2D eigenvalue weighted by molar-refractivity contribution is 9.11. The molecule has 0 saturated heterocycles. The summed E-state index contributed by atoms with van der Waals surface area (Å²) in [6.45, 7) is 0.729. The van der Waals surface area contributed by atoms with E-state index in [1.54, 1.807) is 17.4 Å². The van der Waals surface area contributed by atoms with Crippen LogP contribution in [-0.2, 0) is 6.54 Å². The lowest BCUT2D eigenvalue weighted by Gasteiger charge is -2.07. The molecule has 1 aromatic heterocycles. The number of nitrogens with one attached hydrogen (secondary N) is 1. The number of hydrogen-bond donors (Lipinski definition) is 1. The molecule has 0 atom stereocenters. The van der Waals surface area contributed by atoms with Crippen molar-refractivity contribution in [2.45, 2.75) is 6.54 Å². The lowest BCUT2D eigenvalue weighted by Crippen LogP contribution is -1.98. The van der Waals surface area contributed by atoms with Crippen LogP contribution < -0.4 is 5.32 Å². The maximum atomic E-state index is 12.9. The van der Waals surface area contributed by atoms with Crippen molar-refractivity contribution < 1.29 is 4.39 Å². The summed E-state index contributed by atoms with van der Waals surface area (Å²) < 4.78 is 14.7. The second kappa shape index (κ2) is 5.29. The lowest BCUT2D eigenvalue weighted by molar-refractivity contribution is 0.627. The summed E-state index contributed by atoms with van der Waals surface area (Å²) in [6.07, 6.45) is 0. The van der Waals surface area contributed by atoms with Crippen molar-refractivity contribution in [1.82, 2.24) is 0 Å². The van der Waals surface area contributed by atoms with Gasteiger partial charge in [-0.3, -0.25) is 0 Å². The van der Waals surface area contributed by atoms with Gasteiger partial charge in [-0.2, -0.15) is 0 Å². The SMILES string of the molecule is Fc1ccc(NCc2csc(Br)c2)c(Br)c1. The van der Waals surface area contributed by atoms with Crippen LogP contribution in [-0.4, -0.2) is 0 Å². The average molecular weight is 365 g/mol. The molecule has 0 aliphatic heterocycles. The van der Waals surface area contributed by atoms with E-state index < -0.39 is 0 Å². The Kier molecular flexibility index (Phi) is 4.00. The minimum Gasteiger partial charge on any atom is -0.380 e.